The molecule has 7 nitrogen and oxygen atoms in total. The maximum absolute atomic E-state index is 12.7. The predicted octanol–water partition coefficient (Wildman–Crippen LogP) is 2.33. The van der Waals surface area contributed by atoms with Gasteiger partial charge in [-0.1, -0.05) is 12.1 Å². The zero-order valence-corrected chi connectivity index (χ0v) is 15.4. The molecule has 0 bridgehead atoms. The zero-order valence-electron chi connectivity index (χ0n) is 15.4. The van der Waals surface area contributed by atoms with Crippen LogP contribution in [0.4, 0.5) is 11.4 Å². The van der Waals surface area contributed by atoms with Crippen molar-refractivity contribution in [2.45, 2.75) is 13.8 Å². The Bertz CT molecular complexity index is 873. The highest BCUT2D eigenvalue weighted by Gasteiger charge is 2.23. The summed E-state index contributed by atoms with van der Waals surface area (Å²) in [6.45, 7) is 5.17. The Balaban J connectivity index is 1.70. The van der Waals surface area contributed by atoms with Crippen LogP contribution in [-0.2, 0) is 4.79 Å². The van der Waals surface area contributed by atoms with E-state index in [4.69, 9.17) is 0 Å². The lowest BCUT2D eigenvalue weighted by Gasteiger charge is -2.34. The molecule has 1 aromatic carbocycles. The Hall–Kier alpha value is -3.22. The van der Waals surface area contributed by atoms with Crippen molar-refractivity contribution in [2.75, 3.05) is 31.5 Å². The fourth-order valence-corrected chi connectivity index (χ4v) is 3.01. The first-order valence-corrected chi connectivity index (χ1v) is 8.82. The number of anilines is 2. The standard InChI is InChI=1S/C20H22N4O3/c1-14(25)16-4-3-5-18(10-16)22-19-11-17(12-21-13-19)20(27)24-8-6-23(7-9-24)15(2)26/h3-5,10-13,22H,6-9H2,1-2H3. The number of benzene rings is 1. The molecular formula is C20H22N4O3. The van der Waals surface area contributed by atoms with Crippen molar-refractivity contribution in [3.63, 3.8) is 0 Å². The molecular weight excluding hydrogens is 344 g/mol. The Labute approximate surface area is 158 Å². The third-order valence-corrected chi connectivity index (χ3v) is 4.56. The summed E-state index contributed by atoms with van der Waals surface area (Å²) in [6.07, 6.45) is 3.17. The molecule has 2 aromatic rings. The Morgan fingerprint density at radius 3 is 2.22 bits per heavy atom. The van der Waals surface area contributed by atoms with Crippen molar-refractivity contribution in [3.8, 4) is 0 Å². The van der Waals surface area contributed by atoms with Gasteiger partial charge in [0.25, 0.3) is 5.91 Å². The zero-order chi connectivity index (χ0) is 19.4. The van der Waals surface area contributed by atoms with Gasteiger partial charge in [-0.2, -0.15) is 0 Å². The molecule has 1 N–H and O–H groups in total. The minimum absolute atomic E-state index is 0.00888. The summed E-state index contributed by atoms with van der Waals surface area (Å²) in [5.41, 5.74) is 2.52. The molecule has 1 aliphatic rings. The summed E-state index contributed by atoms with van der Waals surface area (Å²) in [5, 5.41) is 3.18. The minimum Gasteiger partial charge on any atom is -0.354 e. The van der Waals surface area contributed by atoms with Gasteiger partial charge in [0.1, 0.15) is 0 Å². The monoisotopic (exact) mass is 366 g/mol. The summed E-state index contributed by atoms with van der Waals surface area (Å²) in [6, 6.07) is 8.91. The maximum atomic E-state index is 12.7. The first kappa shape index (κ1) is 18.6. The van der Waals surface area contributed by atoms with Crippen LogP contribution in [0.3, 0.4) is 0 Å². The third-order valence-electron chi connectivity index (χ3n) is 4.56. The molecule has 0 aliphatic carbocycles. The van der Waals surface area contributed by atoms with E-state index in [0.29, 0.717) is 43.0 Å². The summed E-state index contributed by atoms with van der Waals surface area (Å²) in [7, 11) is 0. The second-order valence-electron chi connectivity index (χ2n) is 6.52. The van der Waals surface area contributed by atoms with E-state index in [1.54, 1.807) is 40.3 Å². The van der Waals surface area contributed by atoms with Crippen molar-refractivity contribution in [1.29, 1.82) is 0 Å². The van der Waals surface area contributed by atoms with Crippen LogP contribution in [0.15, 0.2) is 42.7 Å². The van der Waals surface area contributed by atoms with Crippen LogP contribution < -0.4 is 5.32 Å². The highest BCUT2D eigenvalue weighted by atomic mass is 16.2. The molecule has 1 aliphatic heterocycles. The number of hydrogen-bond donors (Lipinski definition) is 1. The van der Waals surface area contributed by atoms with Crippen molar-refractivity contribution in [1.82, 2.24) is 14.8 Å². The Morgan fingerprint density at radius 2 is 1.56 bits per heavy atom. The van der Waals surface area contributed by atoms with E-state index >= 15 is 0 Å². The Morgan fingerprint density at radius 1 is 0.889 bits per heavy atom. The lowest BCUT2D eigenvalue weighted by molar-refractivity contribution is -0.130. The van der Waals surface area contributed by atoms with Crippen molar-refractivity contribution in [2.24, 2.45) is 0 Å². The first-order chi connectivity index (χ1) is 12.9. The minimum atomic E-state index is -0.105. The van der Waals surface area contributed by atoms with Gasteiger partial charge in [0, 0.05) is 50.6 Å². The van der Waals surface area contributed by atoms with Crippen LogP contribution in [0.1, 0.15) is 34.6 Å². The lowest BCUT2D eigenvalue weighted by atomic mass is 10.1. The number of ketones is 1. The number of aromatic nitrogens is 1. The predicted molar refractivity (Wildman–Crippen MR) is 102 cm³/mol. The number of carbonyl (C=O) groups excluding carboxylic acids is 3. The number of nitrogens with zero attached hydrogens (tertiary/aromatic N) is 3. The van der Waals surface area contributed by atoms with Crippen molar-refractivity contribution >= 4 is 29.0 Å². The van der Waals surface area contributed by atoms with Crippen molar-refractivity contribution in [3.05, 3.63) is 53.9 Å². The highest BCUT2D eigenvalue weighted by molar-refractivity contribution is 5.96. The van der Waals surface area contributed by atoms with E-state index in [1.165, 1.54) is 20.0 Å². The van der Waals surface area contributed by atoms with Gasteiger partial charge in [-0.25, -0.2) is 0 Å². The molecule has 0 unspecified atom stereocenters. The van der Waals surface area contributed by atoms with Crippen LogP contribution >= 0.6 is 0 Å². The molecule has 3 rings (SSSR count). The van der Waals surface area contributed by atoms with Gasteiger partial charge in [0.15, 0.2) is 5.78 Å². The Kier molecular flexibility index (Phi) is 5.49. The van der Waals surface area contributed by atoms with E-state index in [0.717, 1.165) is 5.69 Å². The molecule has 2 heterocycles. The first-order valence-electron chi connectivity index (χ1n) is 8.82. The quantitative estimate of drug-likeness (QED) is 0.840. The van der Waals surface area contributed by atoms with Crippen LogP contribution in [0.25, 0.3) is 0 Å². The van der Waals surface area contributed by atoms with E-state index in [1.807, 2.05) is 6.07 Å². The molecule has 7 heteroatoms. The van der Waals surface area contributed by atoms with Gasteiger partial charge in [0.05, 0.1) is 17.4 Å². The average Bonchev–Trinajstić information content (AvgIpc) is 2.68. The van der Waals surface area contributed by atoms with E-state index in [9.17, 15) is 14.4 Å². The van der Waals surface area contributed by atoms with E-state index in [2.05, 4.69) is 10.3 Å². The molecule has 0 radical (unpaired) electrons. The number of piperazine rings is 1. The lowest BCUT2D eigenvalue weighted by Crippen LogP contribution is -2.50. The summed E-state index contributed by atoms with van der Waals surface area (Å²) in [5.74, 6) is -0.0833. The molecule has 2 amide bonds. The van der Waals surface area contributed by atoms with Crippen LogP contribution in [-0.4, -0.2) is 58.6 Å². The van der Waals surface area contributed by atoms with Gasteiger partial charge < -0.3 is 15.1 Å². The van der Waals surface area contributed by atoms with Crippen LogP contribution in [0, 0.1) is 0 Å². The molecule has 27 heavy (non-hydrogen) atoms. The second-order valence-corrected chi connectivity index (χ2v) is 6.52. The summed E-state index contributed by atoms with van der Waals surface area (Å²) < 4.78 is 0. The number of Topliss-reactive ketones (excluding diaryl/α,β-unsaturated/α-hetero) is 1. The highest BCUT2D eigenvalue weighted by Crippen LogP contribution is 2.19. The van der Waals surface area contributed by atoms with E-state index in [-0.39, 0.29) is 17.6 Å². The number of carbonyl (C=O) groups is 3. The molecule has 0 atom stereocenters. The third kappa shape index (κ3) is 4.49. The summed E-state index contributed by atoms with van der Waals surface area (Å²) >= 11 is 0. The normalized spacial score (nSPS) is 14.0. The average molecular weight is 366 g/mol. The number of nitrogens with one attached hydrogen (secondary N) is 1. The van der Waals surface area contributed by atoms with Crippen LogP contribution in [0.5, 0.6) is 0 Å². The number of hydrogen-bond acceptors (Lipinski definition) is 5. The van der Waals surface area contributed by atoms with Gasteiger partial charge in [-0.05, 0) is 25.1 Å². The number of pyridine rings is 1. The summed E-state index contributed by atoms with van der Waals surface area (Å²) in [4.78, 5) is 43.3. The number of amides is 2. The smallest absolute Gasteiger partial charge is 0.255 e. The van der Waals surface area contributed by atoms with Gasteiger partial charge in [-0.3, -0.25) is 19.4 Å². The molecule has 1 saturated heterocycles. The molecule has 1 aromatic heterocycles. The molecule has 140 valence electrons. The van der Waals surface area contributed by atoms with Gasteiger partial charge in [-0.15, -0.1) is 0 Å². The fraction of sp³-hybridized carbons (Fsp3) is 0.300. The topological polar surface area (TPSA) is 82.6 Å². The number of rotatable bonds is 4. The molecule has 0 spiro atoms. The molecule has 1 fully saturated rings. The van der Waals surface area contributed by atoms with E-state index < -0.39 is 0 Å². The van der Waals surface area contributed by atoms with Crippen molar-refractivity contribution < 1.29 is 14.4 Å². The maximum Gasteiger partial charge on any atom is 0.255 e. The van der Waals surface area contributed by atoms with Gasteiger partial charge >= 0.3 is 0 Å². The largest absolute Gasteiger partial charge is 0.354 e. The molecule has 0 saturated carbocycles. The van der Waals surface area contributed by atoms with Crippen LogP contribution in [0.2, 0.25) is 0 Å². The fourth-order valence-electron chi connectivity index (χ4n) is 3.01. The van der Waals surface area contributed by atoms with Gasteiger partial charge in [0.2, 0.25) is 5.91 Å². The second kappa shape index (κ2) is 7.99. The SMILES string of the molecule is CC(=O)c1cccc(Nc2cncc(C(=O)N3CCN(C(C)=O)CC3)c2)c1.